The molecule has 2 amide bonds. The van der Waals surface area contributed by atoms with Gasteiger partial charge in [0.1, 0.15) is 5.75 Å². The van der Waals surface area contributed by atoms with Gasteiger partial charge in [-0.2, -0.15) is 10.1 Å². The number of carbonyl (C=O) groups excluding carboxylic acids is 2. The first-order valence-corrected chi connectivity index (χ1v) is 9.46. The van der Waals surface area contributed by atoms with Crippen LogP contribution in [0.1, 0.15) is 12.0 Å². The molecular formula is C20H19N3O6. The Labute approximate surface area is 166 Å². The van der Waals surface area contributed by atoms with Gasteiger partial charge >= 0.3 is 5.69 Å². The van der Waals surface area contributed by atoms with E-state index in [-0.39, 0.29) is 58.2 Å². The Morgan fingerprint density at radius 3 is 2.17 bits per heavy atom. The van der Waals surface area contributed by atoms with Crippen LogP contribution in [0, 0.1) is 45.6 Å². The number of hydrogen-bond donors (Lipinski definition) is 0. The summed E-state index contributed by atoms with van der Waals surface area (Å²) in [5, 5.41) is 16.3. The van der Waals surface area contributed by atoms with E-state index in [1.165, 1.54) is 32.6 Å². The number of allylic oxidation sites excluding steroid dienone is 2. The van der Waals surface area contributed by atoms with E-state index in [2.05, 4.69) is 17.3 Å². The molecule has 4 aliphatic carbocycles. The van der Waals surface area contributed by atoms with Crippen LogP contribution in [-0.2, 0) is 9.59 Å². The highest BCUT2D eigenvalue weighted by Gasteiger charge is 2.67. The van der Waals surface area contributed by atoms with E-state index in [1.54, 1.807) is 0 Å². The minimum Gasteiger partial charge on any atom is -0.496 e. The number of rotatable bonds is 5. The number of amides is 2. The van der Waals surface area contributed by atoms with Crippen molar-refractivity contribution in [1.82, 2.24) is 5.01 Å². The van der Waals surface area contributed by atoms with Gasteiger partial charge in [-0.25, -0.2) is 0 Å². The minimum atomic E-state index is -0.577. The lowest BCUT2D eigenvalue weighted by Crippen LogP contribution is -2.40. The lowest BCUT2D eigenvalue weighted by atomic mass is 9.63. The zero-order chi connectivity index (χ0) is 20.4. The average molecular weight is 397 g/mol. The lowest BCUT2D eigenvalue weighted by Gasteiger charge is -2.37. The number of hydrogen-bond acceptors (Lipinski definition) is 7. The van der Waals surface area contributed by atoms with Crippen LogP contribution < -0.4 is 9.47 Å². The van der Waals surface area contributed by atoms with Crippen LogP contribution in [0.2, 0.25) is 0 Å². The number of carbonyl (C=O) groups is 2. The second-order valence-electron chi connectivity index (χ2n) is 7.91. The second kappa shape index (κ2) is 6.13. The molecule has 9 nitrogen and oxygen atoms in total. The molecule has 29 heavy (non-hydrogen) atoms. The Balaban J connectivity index is 1.47. The molecule has 0 radical (unpaired) electrons. The lowest BCUT2D eigenvalue weighted by molar-refractivity contribution is -0.385. The highest BCUT2D eigenvalue weighted by molar-refractivity contribution is 6.06. The first kappa shape index (κ1) is 17.8. The Hall–Kier alpha value is -3.23. The molecule has 1 saturated heterocycles. The van der Waals surface area contributed by atoms with Crippen molar-refractivity contribution in [2.45, 2.75) is 6.42 Å². The molecule has 2 bridgehead atoms. The van der Waals surface area contributed by atoms with Crippen molar-refractivity contribution in [3.63, 3.8) is 0 Å². The van der Waals surface area contributed by atoms with E-state index in [9.17, 15) is 19.7 Å². The molecule has 2 saturated carbocycles. The number of benzene rings is 1. The van der Waals surface area contributed by atoms with E-state index in [4.69, 9.17) is 9.47 Å². The fourth-order valence-corrected chi connectivity index (χ4v) is 5.32. The Kier molecular flexibility index (Phi) is 3.77. The first-order chi connectivity index (χ1) is 14.0. The van der Waals surface area contributed by atoms with E-state index in [1.807, 2.05) is 0 Å². The largest absolute Gasteiger partial charge is 0.496 e. The third-order valence-corrected chi connectivity index (χ3v) is 6.68. The molecule has 0 unspecified atom stereocenters. The Morgan fingerprint density at radius 2 is 1.66 bits per heavy atom. The zero-order valence-electron chi connectivity index (χ0n) is 15.8. The number of nitro groups is 1. The van der Waals surface area contributed by atoms with Crippen LogP contribution in [-0.4, -0.2) is 42.2 Å². The van der Waals surface area contributed by atoms with Crippen LogP contribution >= 0.6 is 0 Å². The number of ether oxygens (including phenoxy) is 2. The van der Waals surface area contributed by atoms with Crippen molar-refractivity contribution in [2.24, 2.45) is 40.6 Å². The fraction of sp³-hybridized carbons (Fsp3) is 0.450. The quantitative estimate of drug-likeness (QED) is 0.247. The highest BCUT2D eigenvalue weighted by Crippen LogP contribution is 2.65. The molecule has 1 aliphatic heterocycles. The number of methoxy groups -OCH3 is 2. The summed E-state index contributed by atoms with van der Waals surface area (Å²) in [6, 6.07) is 2.63. The van der Waals surface area contributed by atoms with E-state index < -0.39 is 4.92 Å². The van der Waals surface area contributed by atoms with Crippen molar-refractivity contribution in [1.29, 1.82) is 0 Å². The third kappa shape index (κ3) is 2.43. The molecule has 0 spiro atoms. The van der Waals surface area contributed by atoms with Gasteiger partial charge in [-0.3, -0.25) is 19.7 Å². The summed E-state index contributed by atoms with van der Waals surface area (Å²) >= 11 is 0. The summed E-state index contributed by atoms with van der Waals surface area (Å²) in [5.74, 6) is 0.321. The summed E-state index contributed by atoms with van der Waals surface area (Å²) in [6.07, 6.45) is 6.53. The van der Waals surface area contributed by atoms with Gasteiger partial charge in [-0.05, 0) is 30.1 Å². The van der Waals surface area contributed by atoms with Gasteiger partial charge in [-0.1, -0.05) is 12.2 Å². The molecule has 3 fully saturated rings. The van der Waals surface area contributed by atoms with Crippen LogP contribution in [0.15, 0.2) is 29.4 Å². The average Bonchev–Trinajstić information content (AvgIpc) is 3.50. The molecule has 0 N–H and O–H groups in total. The van der Waals surface area contributed by atoms with Gasteiger partial charge in [0, 0.05) is 17.7 Å². The van der Waals surface area contributed by atoms with Crippen molar-refractivity contribution in [3.05, 3.63) is 40.0 Å². The minimum absolute atomic E-state index is 0.0465. The monoisotopic (exact) mass is 397 g/mol. The molecule has 1 heterocycles. The number of nitrogens with zero attached hydrogens (tertiary/aromatic N) is 3. The van der Waals surface area contributed by atoms with Crippen LogP contribution in [0.5, 0.6) is 11.5 Å². The standard InChI is InChI=1S/C20H19N3O6/c1-28-15-7-16(29-2)14(23(26)27)5-9(15)8-21-22-19(24)17-10-3-4-11(13-6-12(10)13)18(17)20(22)25/h3-5,7-8,10-13,17-18H,6H2,1-2H3/b21-8-/t10-,11-,12-,13+,17+,18+/m0/s1. The molecular weight excluding hydrogens is 378 g/mol. The van der Waals surface area contributed by atoms with Gasteiger partial charge in [0.2, 0.25) is 5.75 Å². The maximum Gasteiger partial charge on any atom is 0.311 e. The third-order valence-electron chi connectivity index (χ3n) is 6.68. The number of hydrazone groups is 1. The van der Waals surface area contributed by atoms with Crippen molar-refractivity contribution >= 4 is 23.7 Å². The Morgan fingerprint density at radius 1 is 1.07 bits per heavy atom. The van der Waals surface area contributed by atoms with Gasteiger partial charge in [-0.15, -0.1) is 0 Å². The first-order valence-electron chi connectivity index (χ1n) is 9.46. The molecule has 6 rings (SSSR count). The number of imide groups is 1. The molecule has 1 aromatic carbocycles. The maximum absolute atomic E-state index is 13.0. The summed E-state index contributed by atoms with van der Waals surface area (Å²) in [4.78, 5) is 36.6. The molecule has 150 valence electrons. The highest BCUT2D eigenvalue weighted by atomic mass is 16.6. The van der Waals surface area contributed by atoms with Crippen molar-refractivity contribution in [2.75, 3.05) is 14.2 Å². The zero-order valence-corrected chi connectivity index (χ0v) is 15.8. The SMILES string of the molecule is COc1cc(OC)c([N+](=O)[O-])cc1/C=N\N1C(=O)[C@@H]2[C@H]3C=C[C@@H]([C@@H]4C[C@H]34)[C@H]2C1=O. The summed E-state index contributed by atoms with van der Waals surface area (Å²) in [6.45, 7) is 0. The van der Waals surface area contributed by atoms with Crippen LogP contribution in [0.25, 0.3) is 0 Å². The van der Waals surface area contributed by atoms with Gasteiger partial charge in [0.25, 0.3) is 11.8 Å². The van der Waals surface area contributed by atoms with Crippen LogP contribution in [0.3, 0.4) is 0 Å². The van der Waals surface area contributed by atoms with E-state index >= 15 is 0 Å². The van der Waals surface area contributed by atoms with E-state index in [0.29, 0.717) is 11.8 Å². The summed E-state index contributed by atoms with van der Waals surface area (Å²) in [7, 11) is 2.74. The molecule has 0 aromatic heterocycles. The van der Waals surface area contributed by atoms with Crippen molar-refractivity contribution in [3.8, 4) is 11.5 Å². The summed E-state index contributed by atoms with van der Waals surface area (Å²) in [5.41, 5.74) is 0.0178. The van der Waals surface area contributed by atoms with Gasteiger partial charge < -0.3 is 9.47 Å². The Bertz CT molecular complexity index is 966. The summed E-state index contributed by atoms with van der Waals surface area (Å²) < 4.78 is 10.3. The van der Waals surface area contributed by atoms with Crippen LogP contribution in [0.4, 0.5) is 5.69 Å². The molecule has 5 aliphatic rings. The normalized spacial score (nSPS) is 33.8. The second-order valence-corrected chi connectivity index (χ2v) is 7.91. The van der Waals surface area contributed by atoms with Crippen molar-refractivity contribution < 1.29 is 24.0 Å². The van der Waals surface area contributed by atoms with Gasteiger partial charge in [0.15, 0.2) is 0 Å². The topological polar surface area (TPSA) is 111 Å². The predicted octanol–water partition coefficient (Wildman–Crippen LogP) is 2.00. The molecule has 6 atom stereocenters. The molecule has 9 heteroatoms. The smallest absolute Gasteiger partial charge is 0.311 e. The fourth-order valence-electron chi connectivity index (χ4n) is 5.32. The predicted molar refractivity (Wildman–Crippen MR) is 100 cm³/mol. The van der Waals surface area contributed by atoms with E-state index in [0.717, 1.165) is 11.4 Å². The molecule has 1 aromatic rings. The van der Waals surface area contributed by atoms with Gasteiger partial charge in [0.05, 0.1) is 37.2 Å². The number of nitro benzene ring substituents is 1. The maximum atomic E-state index is 13.0.